The molecule has 0 saturated heterocycles. The Labute approximate surface area is 118 Å². The van der Waals surface area contributed by atoms with Crippen LogP contribution in [0, 0.1) is 10.1 Å². The molecule has 2 N–H and O–H groups in total. The Morgan fingerprint density at radius 2 is 1.90 bits per heavy atom. The van der Waals surface area contributed by atoms with Crippen LogP contribution in [-0.4, -0.2) is 24.1 Å². The number of hydrogen-bond donors (Lipinski definition) is 2. The van der Waals surface area contributed by atoms with Gasteiger partial charge in [0, 0.05) is 0 Å². The molecule has 0 saturated carbocycles. The van der Waals surface area contributed by atoms with Gasteiger partial charge >= 0.3 is 5.88 Å². The van der Waals surface area contributed by atoms with Crippen molar-refractivity contribution in [3.05, 3.63) is 52.3 Å². The van der Waals surface area contributed by atoms with Gasteiger partial charge in [0.05, 0.1) is 22.9 Å². The SMILES string of the molecule is O=[N+]([O-])c1ccc(/C=N\Nc2ccc(S(=O)(=O)O)cc2)o1. The van der Waals surface area contributed by atoms with E-state index >= 15 is 0 Å². The van der Waals surface area contributed by atoms with Crippen LogP contribution < -0.4 is 5.43 Å². The molecule has 0 spiro atoms. The van der Waals surface area contributed by atoms with Gasteiger partial charge in [0.2, 0.25) is 0 Å². The number of hydrogen-bond acceptors (Lipinski definition) is 7. The van der Waals surface area contributed by atoms with E-state index in [0.717, 1.165) is 0 Å². The molecular formula is C11H9N3O6S. The van der Waals surface area contributed by atoms with Crippen LogP contribution in [0.5, 0.6) is 0 Å². The smallest absolute Gasteiger partial charge is 0.400 e. The first-order chi connectivity index (χ1) is 9.86. The molecule has 9 nitrogen and oxygen atoms in total. The Morgan fingerprint density at radius 1 is 1.24 bits per heavy atom. The van der Waals surface area contributed by atoms with Gasteiger partial charge < -0.3 is 4.42 Å². The van der Waals surface area contributed by atoms with E-state index < -0.39 is 20.9 Å². The molecule has 10 heteroatoms. The van der Waals surface area contributed by atoms with Crippen molar-refractivity contribution in [2.24, 2.45) is 5.10 Å². The Bertz CT molecular complexity index is 779. The summed E-state index contributed by atoms with van der Waals surface area (Å²) in [6, 6.07) is 7.76. The van der Waals surface area contributed by atoms with Crippen molar-refractivity contribution in [2.75, 3.05) is 5.43 Å². The molecule has 0 amide bonds. The van der Waals surface area contributed by atoms with Gasteiger partial charge in [-0.1, -0.05) is 0 Å². The van der Waals surface area contributed by atoms with Gasteiger partial charge in [-0.3, -0.25) is 20.1 Å². The second-order valence-corrected chi connectivity index (χ2v) is 5.22. The lowest BCUT2D eigenvalue weighted by molar-refractivity contribution is -0.402. The van der Waals surface area contributed by atoms with Gasteiger partial charge in [0.15, 0.2) is 5.76 Å². The predicted molar refractivity (Wildman–Crippen MR) is 72.8 cm³/mol. The van der Waals surface area contributed by atoms with Crippen LogP contribution in [0.4, 0.5) is 11.6 Å². The quantitative estimate of drug-likeness (QED) is 0.372. The number of nitrogens with one attached hydrogen (secondary N) is 1. The van der Waals surface area contributed by atoms with Gasteiger partial charge in [-0.25, -0.2) is 0 Å². The van der Waals surface area contributed by atoms with Crippen molar-refractivity contribution in [2.45, 2.75) is 4.90 Å². The standard InChI is InChI=1S/C11H9N3O6S/c15-14(16)11-6-3-9(20-11)7-12-13-8-1-4-10(5-2-8)21(17,18)19/h1-7,13H,(H,17,18,19)/b12-7-. The van der Waals surface area contributed by atoms with E-state index in [9.17, 15) is 18.5 Å². The van der Waals surface area contributed by atoms with Crippen LogP contribution in [0.3, 0.4) is 0 Å². The van der Waals surface area contributed by atoms with E-state index in [1.807, 2.05) is 0 Å². The second-order valence-electron chi connectivity index (χ2n) is 3.80. The van der Waals surface area contributed by atoms with Crippen molar-refractivity contribution in [3.8, 4) is 0 Å². The minimum atomic E-state index is -4.23. The summed E-state index contributed by atoms with van der Waals surface area (Å²) < 4.78 is 35.3. The zero-order chi connectivity index (χ0) is 15.5. The van der Waals surface area contributed by atoms with Crippen LogP contribution in [-0.2, 0) is 10.1 Å². The number of hydrazone groups is 1. The van der Waals surface area contributed by atoms with Gasteiger partial charge in [0.1, 0.15) is 4.92 Å². The minimum Gasteiger partial charge on any atom is -0.400 e. The number of benzene rings is 1. The normalized spacial score (nSPS) is 11.7. The molecule has 1 aromatic carbocycles. The fraction of sp³-hybridized carbons (Fsp3) is 0. The number of anilines is 1. The van der Waals surface area contributed by atoms with Gasteiger partial charge in [-0.15, -0.1) is 0 Å². The highest BCUT2D eigenvalue weighted by Gasteiger charge is 2.10. The molecule has 0 radical (unpaired) electrons. The predicted octanol–water partition coefficient (Wildman–Crippen LogP) is 1.88. The summed E-state index contributed by atoms with van der Waals surface area (Å²) in [7, 11) is -4.23. The number of nitrogens with zero attached hydrogens (tertiary/aromatic N) is 2. The fourth-order valence-electron chi connectivity index (χ4n) is 1.38. The molecule has 2 rings (SSSR count). The van der Waals surface area contributed by atoms with Gasteiger partial charge in [0.25, 0.3) is 10.1 Å². The Balaban J connectivity index is 2.02. The fourth-order valence-corrected chi connectivity index (χ4v) is 1.86. The minimum absolute atomic E-state index is 0.184. The van der Waals surface area contributed by atoms with E-state index in [-0.39, 0.29) is 10.7 Å². The van der Waals surface area contributed by atoms with Crippen molar-refractivity contribution >= 4 is 27.9 Å². The molecule has 21 heavy (non-hydrogen) atoms. The molecule has 0 aliphatic rings. The van der Waals surface area contributed by atoms with E-state index in [1.54, 1.807) is 0 Å². The Kier molecular flexibility index (Phi) is 4.00. The summed E-state index contributed by atoms with van der Waals surface area (Å²) in [5.74, 6) is -0.210. The zero-order valence-corrected chi connectivity index (χ0v) is 11.1. The largest absolute Gasteiger partial charge is 0.433 e. The third-order valence-corrected chi connectivity index (χ3v) is 3.20. The molecule has 0 aliphatic heterocycles. The monoisotopic (exact) mass is 311 g/mol. The first-order valence-corrected chi connectivity index (χ1v) is 6.91. The van der Waals surface area contributed by atoms with Crippen molar-refractivity contribution in [3.63, 3.8) is 0 Å². The molecule has 0 unspecified atom stereocenters. The van der Waals surface area contributed by atoms with Crippen LogP contribution in [0.2, 0.25) is 0 Å². The average molecular weight is 311 g/mol. The highest BCUT2D eigenvalue weighted by Crippen LogP contribution is 2.15. The summed E-state index contributed by atoms with van der Waals surface area (Å²) in [4.78, 5) is 9.50. The summed E-state index contributed by atoms with van der Waals surface area (Å²) >= 11 is 0. The molecule has 0 bridgehead atoms. The van der Waals surface area contributed by atoms with Crippen LogP contribution in [0.15, 0.2) is 50.8 Å². The third kappa shape index (κ3) is 3.87. The van der Waals surface area contributed by atoms with Crippen LogP contribution >= 0.6 is 0 Å². The summed E-state index contributed by atoms with van der Waals surface area (Å²) in [6.45, 7) is 0. The van der Waals surface area contributed by atoms with E-state index in [4.69, 9.17) is 8.97 Å². The molecule has 110 valence electrons. The topological polar surface area (TPSA) is 135 Å². The molecule has 0 atom stereocenters. The molecular weight excluding hydrogens is 302 g/mol. The van der Waals surface area contributed by atoms with Crippen molar-refractivity contribution in [1.29, 1.82) is 0 Å². The lowest BCUT2D eigenvalue weighted by atomic mass is 10.3. The average Bonchev–Trinajstić information content (AvgIpc) is 2.87. The highest BCUT2D eigenvalue weighted by molar-refractivity contribution is 7.85. The van der Waals surface area contributed by atoms with Gasteiger partial charge in [-0.05, 0) is 30.3 Å². The highest BCUT2D eigenvalue weighted by atomic mass is 32.2. The molecule has 2 aromatic rings. The van der Waals surface area contributed by atoms with Crippen LogP contribution in [0.1, 0.15) is 5.76 Å². The molecule has 1 heterocycles. The molecule has 0 aliphatic carbocycles. The Hall–Kier alpha value is -2.72. The number of nitro groups is 1. The number of furan rings is 1. The summed E-state index contributed by atoms with van der Waals surface area (Å²) in [5.41, 5.74) is 3.03. The maximum Gasteiger partial charge on any atom is 0.433 e. The first-order valence-electron chi connectivity index (χ1n) is 5.47. The second kappa shape index (κ2) is 5.73. The van der Waals surface area contributed by atoms with Gasteiger partial charge in [-0.2, -0.15) is 13.5 Å². The number of rotatable bonds is 5. The summed E-state index contributed by atoms with van der Waals surface area (Å²) in [5, 5.41) is 14.2. The van der Waals surface area contributed by atoms with Crippen molar-refractivity contribution in [1.82, 2.24) is 0 Å². The van der Waals surface area contributed by atoms with E-state index in [2.05, 4.69) is 10.5 Å². The lowest BCUT2D eigenvalue weighted by Crippen LogP contribution is -1.98. The van der Waals surface area contributed by atoms with E-state index in [1.165, 1.54) is 42.6 Å². The first kappa shape index (κ1) is 14.7. The molecule has 0 fully saturated rings. The third-order valence-electron chi connectivity index (χ3n) is 2.33. The maximum atomic E-state index is 10.8. The lowest BCUT2D eigenvalue weighted by Gasteiger charge is -2.00. The Morgan fingerprint density at radius 3 is 2.43 bits per heavy atom. The summed E-state index contributed by atoms with van der Waals surface area (Å²) in [6.07, 6.45) is 1.23. The van der Waals surface area contributed by atoms with Crippen molar-refractivity contribution < 1.29 is 22.3 Å². The van der Waals surface area contributed by atoms with E-state index in [0.29, 0.717) is 5.69 Å². The zero-order valence-electron chi connectivity index (χ0n) is 10.3. The van der Waals surface area contributed by atoms with Crippen LogP contribution in [0.25, 0.3) is 0 Å². The molecule has 1 aromatic heterocycles. The maximum absolute atomic E-state index is 10.8.